The first-order valence-corrected chi connectivity index (χ1v) is 11.1. The van der Waals surface area contributed by atoms with E-state index in [0.29, 0.717) is 32.4 Å². The third kappa shape index (κ3) is 5.59. The topological polar surface area (TPSA) is 96.1 Å². The largest absolute Gasteiger partial charge is 0.455 e. The van der Waals surface area contributed by atoms with Crippen LogP contribution in [-0.4, -0.2) is 28.4 Å². The molecule has 7 nitrogen and oxygen atoms in total. The monoisotopic (exact) mass is 486 g/mol. The number of furan rings is 1. The van der Waals surface area contributed by atoms with Gasteiger partial charge in [0.05, 0.1) is 16.3 Å². The highest BCUT2D eigenvalue weighted by Crippen LogP contribution is 2.29. The van der Waals surface area contributed by atoms with Crippen LogP contribution in [0.4, 0.5) is 5.69 Å². The second kappa shape index (κ2) is 10.0. The molecule has 1 atom stereocenters. The lowest BCUT2D eigenvalue weighted by atomic mass is 10.2. The average molecular weight is 487 g/mol. The van der Waals surface area contributed by atoms with Crippen LogP contribution in [0.3, 0.4) is 0 Å². The van der Waals surface area contributed by atoms with E-state index in [0.717, 1.165) is 17.3 Å². The fourth-order valence-electron chi connectivity index (χ4n) is 2.85. The van der Waals surface area contributed by atoms with E-state index < -0.39 is 5.25 Å². The predicted molar refractivity (Wildman–Crippen MR) is 128 cm³/mol. The molecule has 32 heavy (non-hydrogen) atoms. The number of nitrogens with one attached hydrogen (secondary N) is 2. The zero-order valence-electron chi connectivity index (χ0n) is 16.4. The van der Waals surface area contributed by atoms with Gasteiger partial charge in [-0.05, 0) is 42.5 Å². The van der Waals surface area contributed by atoms with Gasteiger partial charge in [-0.25, -0.2) is 0 Å². The van der Waals surface area contributed by atoms with E-state index >= 15 is 0 Å². The Morgan fingerprint density at radius 2 is 1.94 bits per heavy atom. The zero-order valence-corrected chi connectivity index (χ0v) is 18.7. The Morgan fingerprint density at radius 1 is 1.12 bits per heavy atom. The Balaban J connectivity index is 1.34. The van der Waals surface area contributed by atoms with Gasteiger partial charge in [-0.3, -0.25) is 9.59 Å². The van der Waals surface area contributed by atoms with Crippen LogP contribution in [-0.2, 0) is 9.59 Å². The van der Waals surface area contributed by atoms with Crippen molar-refractivity contribution >= 4 is 63.8 Å². The van der Waals surface area contributed by atoms with Gasteiger partial charge < -0.3 is 15.1 Å². The molecule has 0 bridgehead atoms. The summed E-state index contributed by atoms with van der Waals surface area (Å²) in [6.07, 6.45) is 1.45. The summed E-state index contributed by atoms with van der Waals surface area (Å²) in [5.74, 6) is 0.542. The van der Waals surface area contributed by atoms with Crippen LogP contribution in [0.2, 0.25) is 10.0 Å². The number of hydrogen-bond donors (Lipinski definition) is 2. The quantitative estimate of drug-likeness (QED) is 0.369. The van der Waals surface area contributed by atoms with Gasteiger partial charge in [0.2, 0.25) is 11.8 Å². The van der Waals surface area contributed by atoms with E-state index in [9.17, 15) is 9.59 Å². The number of amides is 2. The molecular formula is C22H16Cl2N4O3S. The van der Waals surface area contributed by atoms with Crippen molar-refractivity contribution in [3.63, 3.8) is 0 Å². The molecule has 1 saturated heterocycles. The summed E-state index contributed by atoms with van der Waals surface area (Å²) in [6, 6.07) is 17.8. The predicted octanol–water partition coefficient (Wildman–Crippen LogP) is 5.20. The van der Waals surface area contributed by atoms with E-state index in [2.05, 4.69) is 20.8 Å². The molecule has 0 spiro atoms. The number of halogens is 2. The Labute approximate surface area is 197 Å². The lowest BCUT2D eigenvalue weighted by Crippen LogP contribution is -2.28. The first-order valence-electron chi connectivity index (χ1n) is 9.46. The molecule has 1 aliphatic rings. The number of benzene rings is 2. The molecule has 0 radical (unpaired) electrons. The molecule has 1 aromatic heterocycles. The molecule has 3 aromatic rings. The van der Waals surface area contributed by atoms with Crippen molar-refractivity contribution in [2.45, 2.75) is 11.7 Å². The van der Waals surface area contributed by atoms with Gasteiger partial charge >= 0.3 is 0 Å². The number of carbonyl (C=O) groups is 2. The zero-order chi connectivity index (χ0) is 22.5. The van der Waals surface area contributed by atoms with E-state index in [-0.39, 0.29) is 18.2 Å². The summed E-state index contributed by atoms with van der Waals surface area (Å²) in [5, 5.41) is 14.0. The number of anilines is 1. The van der Waals surface area contributed by atoms with Gasteiger partial charge in [-0.15, -0.1) is 5.10 Å². The molecule has 0 aliphatic carbocycles. The average Bonchev–Trinajstić information content (AvgIpc) is 3.38. The maximum atomic E-state index is 12.2. The van der Waals surface area contributed by atoms with E-state index in [1.165, 1.54) is 6.21 Å². The molecule has 162 valence electrons. The minimum absolute atomic E-state index is 0.0271. The van der Waals surface area contributed by atoms with Crippen LogP contribution < -0.4 is 10.6 Å². The van der Waals surface area contributed by atoms with Crippen molar-refractivity contribution in [3.8, 4) is 11.3 Å². The van der Waals surface area contributed by atoms with Crippen LogP contribution in [0.25, 0.3) is 11.3 Å². The lowest BCUT2D eigenvalue weighted by Gasteiger charge is -2.06. The summed E-state index contributed by atoms with van der Waals surface area (Å²) in [4.78, 5) is 24.3. The van der Waals surface area contributed by atoms with Gasteiger partial charge in [-0.2, -0.15) is 5.10 Å². The smallest absolute Gasteiger partial charge is 0.240 e. The fourth-order valence-corrected chi connectivity index (χ4v) is 4.08. The fraction of sp³-hybridized carbons (Fsp3) is 0.0909. The number of para-hydroxylation sites is 1. The maximum Gasteiger partial charge on any atom is 0.240 e. The van der Waals surface area contributed by atoms with Crippen LogP contribution in [0, 0.1) is 0 Å². The normalized spacial score (nSPS) is 17.1. The van der Waals surface area contributed by atoms with Crippen LogP contribution in [0.1, 0.15) is 12.2 Å². The third-order valence-corrected chi connectivity index (χ3v) is 6.18. The van der Waals surface area contributed by atoms with E-state index in [1.54, 1.807) is 42.5 Å². The molecular weight excluding hydrogens is 471 g/mol. The van der Waals surface area contributed by atoms with E-state index in [4.69, 9.17) is 27.6 Å². The Hall–Kier alpha value is -3.07. The summed E-state index contributed by atoms with van der Waals surface area (Å²) in [6.45, 7) is 0. The molecule has 1 unspecified atom stereocenters. The molecule has 2 amide bonds. The molecule has 0 saturated carbocycles. The van der Waals surface area contributed by atoms with Crippen molar-refractivity contribution < 1.29 is 14.0 Å². The third-order valence-electron chi connectivity index (χ3n) is 4.37. The Bertz CT molecular complexity index is 1210. The van der Waals surface area contributed by atoms with Gasteiger partial charge in [0, 0.05) is 17.7 Å². The SMILES string of the molecule is O=C(CC1S/C(=N\N=C\c2ccc(-c3ccc(Cl)c(Cl)c3)o2)NC1=O)Nc1ccccc1. The highest BCUT2D eigenvalue weighted by Gasteiger charge is 2.32. The summed E-state index contributed by atoms with van der Waals surface area (Å²) in [7, 11) is 0. The van der Waals surface area contributed by atoms with Crippen LogP contribution in [0.15, 0.2) is 75.3 Å². The van der Waals surface area contributed by atoms with Crippen LogP contribution >= 0.6 is 35.0 Å². The minimum Gasteiger partial charge on any atom is -0.455 e. The number of rotatable bonds is 6. The standard InChI is InChI=1S/C22H16Cl2N4O3S/c23-16-8-6-13(10-17(16)24)18-9-7-15(31-18)12-25-28-22-27-21(30)19(32-22)11-20(29)26-14-4-2-1-3-5-14/h1-10,12,19H,11H2,(H,26,29)(H,27,28,30)/b25-12+. The van der Waals surface area contributed by atoms with Crippen molar-refractivity contribution in [2.75, 3.05) is 5.32 Å². The molecule has 2 heterocycles. The van der Waals surface area contributed by atoms with Gasteiger partial charge in [0.25, 0.3) is 0 Å². The second-order valence-electron chi connectivity index (χ2n) is 6.69. The van der Waals surface area contributed by atoms with Crippen LogP contribution in [0.5, 0.6) is 0 Å². The minimum atomic E-state index is -0.572. The first kappa shape index (κ1) is 22.1. The van der Waals surface area contributed by atoms with Crippen molar-refractivity contribution in [3.05, 3.63) is 76.5 Å². The molecule has 4 rings (SSSR count). The summed E-state index contributed by atoms with van der Waals surface area (Å²) in [5.41, 5.74) is 1.46. The van der Waals surface area contributed by atoms with Crippen molar-refractivity contribution in [1.29, 1.82) is 0 Å². The Kier molecular flexibility index (Phi) is 6.94. The lowest BCUT2D eigenvalue weighted by molar-refractivity contribution is -0.122. The molecule has 2 N–H and O–H groups in total. The number of amidine groups is 1. The first-order chi connectivity index (χ1) is 15.5. The molecule has 2 aromatic carbocycles. The summed E-state index contributed by atoms with van der Waals surface area (Å²) < 4.78 is 5.71. The number of nitrogens with zero attached hydrogens (tertiary/aromatic N) is 2. The number of hydrogen-bond acceptors (Lipinski definition) is 6. The number of thioether (sulfide) groups is 1. The Morgan fingerprint density at radius 3 is 2.72 bits per heavy atom. The molecule has 1 aliphatic heterocycles. The van der Waals surface area contributed by atoms with Crippen molar-refractivity contribution in [1.82, 2.24) is 5.32 Å². The molecule has 1 fully saturated rings. The maximum absolute atomic E-state index is 12.2. The highest BCUT2D eigenvalue weighted by molar-refractivity contribution is 8.15. The number of carbonyl (C=O) groups excluding carboxylic acids is 2. The summed E-state index contributed by atoms with van der Waals surface area (Å²) >= 11 is 13.1. The van der Waals surface area contributed by atoms with E-state index in [1.807, 2.05) is 18.2 Å². The second-order valence-corrected chi connectivity index (χ2v) is 8.70. The van der Waals surface area contributed by atoms with Gasteiger partial charge in [0.15, 0.2) is 5.17 Å². The highest BCUT2D eigenvalue weighted by atomic mass is 35.5. The molecule has 10 heteroatoms. The van der Waals surface area contributed by atoms with Gasteiger partial charge in [0.1, 0.15) is 16.8 Å². The van der Waals surface area contributed by atoms with Gasteiger partial charge in [-0.1, -0.05) is 53.2 Å². The van der Waals surface area contributed by atoms with Crippen molar-refractivity contribution in [2.24, 2.45) is 10.2 Å².